The van der Waals surface area contributed by atoms with E-state index >= 15 is 0 Å². The molecule has 0 heterocycles. The minimum atomic E-state index is -0.638. The standard InChI is InChI=1S/C12H26N6O2/c1-3-7-5-10(18(16)12(14)20)8(4-2)6-9(7)17(15)11(13)19/h7-10H,3-6,15-16H2,1-2H3,(H2,13,19)(H2,14,20). The van der Waals surface area contributed by atoms with E-state index in [2.05, 4.69) is 0 Å². The third kappa shape index (κ3) is 3.31. The van der Waals surface area contributed by atoms with Crippen LogP contribution in [0.4, 0.5) is 9.59 Å². The van der Waals surface area contributed by atoms with Gasteiger partial charge in [0.25, 0.3) is 0 Å². The van der Waals surface area contributed by atoms with Gasteiger partial charge in [-0.3, -0.25) is 10.0 Å². The van der Waals surface area contributed by atoms with Crippen molar-refractivity contribution in [3.63, 3.8) is 0 Å². The first kappa shape index (κ1) is 16.5. The molecule has 4 atom stereocenters. The van der Waals surface area contributed by atoms with E-state index in [1.54, 1.807) is 0 Å². The van der Waals surface area contributed by atoms with Gasteiger partial charge < -0.3 is 11.5 Å². The fourth-order valence-corrected chi connectivity index (χ4v) is 3.21. The number of carbonyl (C=O) groups excluding carboxylic acids is 2. The van der Waals surface area contributed by atoms with E-state index in [1.807, 2.05) is 13.8 Å². The minimum Gasteiger partial charge on any atom is -0.350 e. The summed E-state index contributed by atoms with van der Waals surface area (Å²) in [6.07, 6.45) is 2.98. The summed E-state index contributed by atoms with van der Waals surface area (Å²) in [6, 6.07) is -1.53. The molecule has 1 rings (SSSR count). The number of nitrogens with zero attached hydrogens (tertiary/aromatic N) is 2. The van der Waals surface area contributed by atoms with Crippen LogP contribution < -0.4 is 23.2 Å². The molecule has 0 aromatic carbocycles. The van der Waals surface area contributed by atoms with Gasteiger partial charge in [0.1, 0.15) is 0 Å². The number of hydrogen-bond acceptors (Lipinski definition) is 4. The zero-order valence-corrected chi connectivity index (χ0v) is 12.2. The number of hydrogen-bond donors (Lipinski definition) is 4. The Bertz CT molecular complexity index is 330. The van der Waals surface area contributed by atoms with E-state index in [1.165, 1.54) is 0 Å². The summed E-state index contributed by atoms with van der Waals surface area (Å²) in [4.78, 5) is 22.6. The third-order valence-corrected chi connectivity index (χ3v) is 4.45. The lowest BCUT2D eigenvalue weighted by Crippen LogP contribution is -2.60. The number of rotatable bonds is 4. The Kier molecular flexibility index (Phi) is 5.58. The van der Waals surface area contributed by atoms with Gasteiger partial charge >= 0.3 is 12.1 Å². The molecule has 1 aliphatic carbocycles. The second kappa shape index (κ2) is 6.76. The topological polar surface area (TPSA) is 145 Å². The number of urea groups is 2. The molecule has 8 N–H and O–H groups in total. The van der Waals surface area contributed by atoms with Gasteiger partial charge in [-0.2, -0.15) is 0 Å². The number of nitrogens with two attached hydrogens (primary N) is 4. The molecule has 1 fully saturated rings. The van der Waals surface area contributed by atoms with Crippen LogP contribution in [-0.2, 0) is 0 Å². The number of carbonyl (C=O) groups is 2. The predicted molar refractivity (Wildman–Crippen MR) is 75.6 cm³/mol. The van der Waals surface area contributed by atoms with Crippen molar-refractivity contribution in [2.24, 2.45) is 35.0 Å². The molecule has 8 nitrogen and oxygen atoms in total. The molecule has 8 heteroatoms. The van der Waals surface area contributed by atoms with Crippen molar-refractivity contribution in [1.82, 2.24) is 10.0 Å². The average molecular weight is 286 g/mol. The molecular formula is C12H26N6O2. The molecule has 4 unspecified atom stereocenters. The van der Waals surface area contributed by atoms with Crippen LogP contribution in [-0.4, -0.2) is 34.2 Å². The molecule has 1 aliphatic rings. The first-order valence-electron chi connectivity index (χ1n) is 7.00. The molecular weight excluding hydrogens is 260 g/mol. The van der Waals surface area contributed by atoms with Crippen molar-refractivity contribution < 1.29 is 9.59 Å². The number of amides is 4. The summed E-state index contributed by atoms with van der Waals surface area (Å²) in [6.45, 7) is 4.03. The van der Waals surface area contributed by atoms with Gasteiger partial charge in [0.05, 0.1) is 12.1 Å². The van der Waals surface area contributed by atoms with Crippen LogP contribution in [0.3, 0.4) is 0 Å². The van der Waals surface area contributed by atoms with Crippen molar-refractivity contribution in [1.29, 1.82) is 0 Å². The summed E-state index contributed by atoms with van der Waals surface area (Å²) in [5.74, 6) is 11.8. The Labute approximate surface area is 119 Å². The van der Waals surface area contributed by atoms with E-state index in [0.717, 1.165) is 22.9 Å². The number of hydrazine groups is 2. The fourth-order valence-electron chi connectivity index (χ4n) is 3.21. The molecule has 0 aromatic rings. The zero-order chi connectivity index (χ0) is 15.4. The Morgan fingerprint density at radius 1 is 0.900 bits per heavy atom. The maximum Gasteiger partial charge on any atom is 0.329 e. The van der Waals surface area contributed by atoms with E-state index in [0.29, 0.717) is 12.8 Å². The Morgan fingerprint density at radius 3 is 1.40 bits per heavy atom. The van der Waals surface area contributed by atoms with Crippen molar-refractivity contribution >= 4 is 12.1 Å². The van der Waals surface area contributed by atoms with Gasteiger partial charge in [0.2, 0.25) is 0 Å². The van der Waals surface area contributed by atoms with Gasteiger partial charge in [0.15, 0.2) is 0 Å². The first-order valence-corrected chi connectivity index (χ1v) is 7.00. The Morgan fingerprint density at radius 2 is 1.20 bits per heavy atom. The second-order valence-electron chi connectivity index (χ2n) is 5.43. The van der Waals surface area contributed by atoms with E-state index in [4.69, 9.17) is 23.2 Å². The van der Waals surface area contributed by atoms with Gasteiger partial charge in [-0.25, -0.2) is 21.3 Å². The molecule has 4 amide bonds. The molecule has 0 aromatic heterocycles. The van der Waals surface area contributed by atoms with Crippen LogP contribution in [0.2, 0.25) is 0 Å². The van der Waals surface area contributed by atoms with Crippen molar-refractivity contribution in [2.45, 2.75) is 51.6 Å². The lowest BCUT2D eigenvalue weighted by molar-refractivity contribution is 0.0394. The largest absolute Gasteiger partial charge is 0.350 e. The van der Waals surface area contributed by atoms with Crippen LogP contribution in [0.15, 0.2) is 0 Å². The summed E-state index contributed by atoms with van der Waals surface area (Å²) in [5.41, 5.74) is 10.5. The number of primary amides is 2. The van der Waals surface area contributed by atoms with E-state index in [9.17, 15) is 9.59 Å². The highest BCUT2D eigenvalue weighted by atomic mass is 16.2. The van der Waals surface area contributed by atoms with Gasteiger partial charge in [0, 0.05) is 0 Å². The quantitative estimate of drug-likeness (QED) is 0.329. The normalized spacial score (nSPS) is 29.8. The zero-order valence-electron chi connectivity index (χ0n) is 12.2. The lowest BCUT2D eigenvalue weighted by atomic mass is 9.72. The summed E-state index contributed by atoms with van der Waals surface area (Å²) in [5, 5.41) is 2.22. The van der Waals surface area contributed by atoms with Crippen molar-refractivity contribution in [2.75, 3.05) is 0 Å². The molecule has 116 valence electrons. The smallest absolute Gasteiger partial charge is 0.329 e. The fraction of sp³-hybridized carbons (Fsp3) is 0.833. The summed E-state index contributed by atoms with van der Waals surface area (Å²) < 4.78 is 0. The molecule has 0 saturated heterocycles. The van der Waals surface area contributed by atoms with Gasteiger partial charge in [-0.05, 0) is 24.7 Å². The molecule has 20 heavy (non-hydrogen) atoms. The SMILES string of the molecule is CCC1CC(N(N)C(N)=O)C(CC)CC1N(N)C(N)=O. The highest BCUT2D eigenvalue weighted by molar-refractivity contribution is 5.72. The Hall–Kier alpha value is -1.54. The van der Waals surface area contributed by atoms with Gasteiger partial charge in [-0.15, -0.1) is 0 Å². The van der Waals surface area contributed by atoms with E-state index in [-0.39, 0.29) is 23.9 Å². The second-order valence-corrected chi connectivity index (χ2v) is 5.43. The average Bonchev–Trinajstić information content (AvgIpc) is 2.43. The summed E-state index contributed by atoms with van der Waals surface area (Å²) in [7, 11) is 0. The van der Waals surface area contributed by atoms with Crippen LogP contribution in [0, 0.1) is 11.8 Å². The molecule has 0 aliphatic heterocycles. The molecule has 0 radical (unpaired) electrons. The van der Waals surface area contributed by atoms with Crippen LogP contribution in [0.1, 0.15) is 39.5 Å². The first-order chi connectivity index (χ1) is 9.33. The van der Waals surface area contributed by atoms with Crippen LogP contribution in [0.5, 0.6) is 0 Å². The van der Waals surface area contributed by atoms with Crippen LogP contribution >= 0.6 is 0 Å². The minimum absolute atomic E-state index is 0.125. The maximum absolute atomic E-state index is 11.3. The monoisotopic (exact) mass is 286 g/mol. The molecule has 1 saturated carbocycles. The highest BCUT2D eigenvalue weighted by Gasteiger charge is 2.41. The molecule has 0 spiro atoms. The van der Waals surface area contributed by atoms with Gasteiger partial charge in [-0.1, -0.05) is 26.7 Å². The molecule has 0 bridgehead atoms. The van der Waals surface area contributed by atoms with Crippen molar-refractivity contribution in [3.05, 3.63) is 0 Å². The Balaban J connectivity index is 2.93. The van der Waals surface area contributed by atoms with Crippen LogP contribution in [0.25, 0.3) is 0 Å². The summed E-state index contributed by atoms with van der Waals surface area (Å²) >= 11 is 0. The predicted octanol–water partition coefficient (Wildman–Crippen LogP) is 0.0786. The van der Waals surface area contributed by atoms with E-state index < -0.39 is 12.1 Å². The van der Waals surface area contributed by atoms with Crippen molar-refractivity contribution in [3.8, 4) is 0 Å². The maximum atomic E-state index is 11.3. The highest BCUT2D eigenvalue weighted by Crippen LogP contribution is 2.36. The lowest BCUT2D eigenvalue weighted by Gasteiger charge is -2.45. The third-order valence-electron chi connectivity index (χ3n) is 4.45.